The van der Waals surface area contributed by atoms with E-state index in [0.717, 1.165) is 17.9 Å². The fraction of sp³-hybridized carbons (Fsp3) is 0. The quantitative estimate of drug-likeness (QED) is 0.0897. The predicted molar refractivity (Wildman–Crippen MR) is 232 cm³/mol. The van der Waals surface area contributed by atoms with Crippen molar-refractivity contribution in [3.63, 3.8) is 0 Å². The molecular formula is C36H25I5O9. The molecule has 0 aliphatic rings. The van der Waals surface area contributed by atoms with Crippen LogP contribution in [0.3, 0.4) is 0 Å². The maximum absolute atomic E-state index is 9.63. The molecule has 6 aromatic rings. The molecular weight excluding hydrogens is 1210 g/mol. The molecule has 0 fully saturated rings. The molecule has 0 heterocycles. The first-order valence-corrected chi connectivity index (χ1v) is 19.4. The van der Waals surface area contributed by atoms with E-state index in [1.165, 1.54) is 0 Å². The Kier molecular flexibility index (Phi) is 15.3. The van der Waals surface area contributed by atoms with Crippen molar-refractivity contribution in [1.29, 1.82) is 0 Å². The molecule has 50 heavy (non-hydrogen) atoms. The number of benzene rings is 6. The Morgan fingerprint density at radius 2 is 0.700 bits per heavy atom. The number of hydrogen-bond donors (Lipinski definition) is 6. The number of ether oxygens (including phenoxy) is 3. The Bertz CT molecular complexity index is 2020. The Hall–Kier alpha value is -2.83. The highest BCUT2D eigenvalue weighted by atomic mass is 127. The normalized spacial score (nSPS) is 10.2. The minimum atomic E-state index is 0.201. The van der Waals surface area contributed by atoms with Crippen molar-refractivity contribution >= 4 is 113 Å². The molecule has 0 atom stereocenters. The summed E-state index contributed by atoms with van der Waals surface area (Å²) in [6.45, 7) is 0. The summed E-state index contributed by atoms with van der Waals surface area (Å²) in [6, 6.07) is 31.4. The van der Waals surface area contributed by atoms with Crippen LogP contribution in [0.2, 0.25) is 0 Å². The van der Waals surface area contributed by atoms with E-state index in [1.54, 1.807) is 115 Å². The van der Waals surface area contributed by atoms with Gasteiger partial charge in [0.25, 0.3) is 0 Å². The molecule has 6 aromatic carbocycles. The molecule has 258 valence electrons. The summed E-state index contributed by atoms with van der Waals surface area (Å²) >= 11 is 10.3. The Labute approximate surface area is 355 Å². The fourth-order valence-corrected chi connectivity index (χ4v) is 6.89. The summed E-state index contributed by atoms with van der Waals surface area (Å²) < 4.78 is 20.6. The summed E-state index contributed by atoms with van der Waals surface area (Å²) in [5.41, 5.74) is 0. The van der Waals surface area contributed by atoms with E-state index in [-0.39, 0.29) is 34.5 Å². The zero-order chi connectivity index (χ0) is 36.4. The average Bonchev–Trinajstić information content (AvgIpc) is 3.08. The van der Waals surface area contributed by atoms with Crippen LogP contribution >= 0.6 is 113 Å². The lowest BCUT2D eigenvalue weighted by molar-refractivity contribution is 0.454. The Balaban J connectivity index is 0.000000169. The van der Waals surface area contributed by atoms with Crippen molar-refractivity contribution < 1.29 is 44.8 Å². The van der Waals surface area contributed by atoms with Gasteiger partial charge in [-0.3, -0.25) is 0 Å². The van der Waals surface area contributed by atoms with Crippen LogP contribution in [0.4, 0.5) is 0 Å². The van der Waals surface area contributed by atoms with E-state index in [1.807, 2.05) is 90.4 Å². The van der Waals surface area contributed by atoms with Crippen LogP contribution < -0.4 is 14.2 Å². The van der Waals surface area contributed by atoms with Gasteiger partial charge in [0.2, 0.25) is 0 Å². The van der Waals surface area contributed by atoms with Gasteiger partial charge in [-0.05, 0) is 228 Å². The van der Waals surface area contributed by atoms with Crippen molar-refractivity contribution in [3.05, 3.63) is 133 Å². The van der Waals surface area contributed by atoms with Crippen LogP contribution in [0.5, 0.6) is 69.0 Å². The lowest BCUT2D eigenvalue weighted by Gasteiger charge is -2.09. The van der Waals surface area contributed by atoms with Gasteiger partial charge in [-0.15, -0.1) is 0 Å². The highest BCUT2D eigenvalue weighted by molar-refractivity contribution is 14.1. The van der Waals surface area contributed by atoms with Gasteiger partial charge in [-0.1, -0.05) is 0 Å². The van der Waals surface area contributed by atoms with Gasteiger partial charge < -0.3 is 44.8 Å². The van der Waals surface area contributed by atoms with Gasteiger partial charge in [0.1, 0.15) is 69.0 Å². The predicted octanol–water partition coefficient (Wildman–Crippen LogP) is 11.7. The monoisotopic (exact) mass is 1240 g/mol. The molecule has 9 nitrogen and oxygen atoms in total. The molecule has 0 aliphatic carbocycles. The van der Waals surface area contributed by atoms with Crippen molar-refractivity contribution in [3.8, 4) is 69.0 Å². The summed E-state index contributed by atoms with van der Waals surface area (Å²) in [5, 5.41) is 55.9. The highest BCUT2D eigenvalue weighted by Crippen LogP contribution is 2.35. The molecule has 6 N–H and O–H groups in total. The van der Waals surface area contributed by atoms with Crippen LogP contribution in [0.25, 0.3) is 0 Å². The van der Waals surface area contributed by atoms with Crippen LogP contribution in [-0.2, 0) is 0 Å². The van der Waals surface area contributed by atoms with E-state index in [9.17, 15) is 15.3 Å². The van der Waals surface area contributed by atoms with Crippen molar-refractivity contribution in [2.24, 2.45) is 0 Å². The Morgan fingerprint density at radius 1 is 0.320 bits per heavy atom. The minimum Gasteiger partial charge on any atom is -0.508 e. The minimum absolute atomic E-state index is 0.201. The lowest BCUT2D eigenvalue weighted by Crippen LogP contribution is -1.88. The molecule has 0 unspecified atom stereocenters. The zero-order valence-corrected chi connectivity index (χ0v) is 36.1. The number of hydrogen-bond acceptors (Lipinski definition) is 9. The van der Waals surface area contributed by atoms with E-state index < -0.39 is 0 Å². The van der Waals surface area contributed by atoms with E-state index >= 15 is 0 Å². The van der Waals surface area contributed by atoms with Crippen LogP contribution in [0, 0.1) is 17.9 Å². The third kappa shape index (κ3) is 12.4. The maximum atomic E-state index is 9.63. The summed E-state index contributed by atoms with van der Waals surface area (Å²) in [6.07, 6.45) is 0. The molecule has 6 rings (SSSR count). The fourth-order valence-electron chi connectivity index (χ4n) is 3.69. The molecule has 0 saturated heterocycles. The number of halogens is 5. The van der Waals surface area contributed by atoms with Crippen LogP contribution in [-0.4, -0.2) is 30.6 Å². The number of phenolic OH excluding ortho intramolecular Hbond substituents is 6. The molecule has 0 saturated carbocycles. The van der Waals surface area contributed by atoms with Gasteiger partial charge in [0.05, 0.1) is 17.9 Å². The second-order valence-corrected chi connectivity index (χ2v) is 15.7. The van der Waals surface area contributed by atoms with Crippen molar-refractivity contribution in [1.82, 2.24) is 0 Å². The molecule has 0 radical (unpaired) electrons. The van der Waals surface area contributed by atoms with E-state index in [0.29, 0.717) is 34.5 Å². The first kappa shape index (κ1) is 39.9. The van der Waals surface area contributed by atoms with Gasteiger partial charge in [-0.25, -0.2) is 0 Å². The number of aromatic hydroxyl groups is 6. The zero-order valence-electron chi connectivity index (χ0n) is 25.3. The lowest BCUT2D eigenvalue weighted by atomic mass is 10.3. The van der Waals surface area contributed by atoms with Gasteiger partial charge >= 0.3 is 0 Å². The molecule has 0 aliphatic heterocycles. The molecule has 0 bridgehead atoms. The van der Waals surface area contributed by atoms with Gasteiger partial charge in [-0.2, -0.15) is 0 Å². The average molecular weight is 1240 g/mol. The highest BCUT2D eigenvalue weighted by Gasteiger charge is 2.09. The second-order valence-electron chi connectivity index (χ2n) is 9.87. The third-order valence-corrected chi connectivity index (χ3v) is 10.3. The smallest absolute Gasteiger partial charge is 0.142 e. The van der Waals surface area contributed by atoms with Crippen molar-refractivity contribution in [2.75, 3.05) is 0 Å². The van der Waals surface area contributed by atoms with E-state index in [2.05, 4.69) is 22.6 Å². The van der Waals surface area contributed by atoms with Crippen LogP contribution in [0.1, 0.15) is 0 Å². The second kappa shape index (κ2) is 19.1. The molecule has 0 amide bonds. The largest absolute Gasteiger partial charge is 0.508 e. The van der Waals surface area contributed by atoms with Gasteiger partial charge in [0, 0.05) is 0 Å². The SMILES string of the molecule is Oc1ccc(Oc2cc(I)c(O)c(I)c2)cc1.Oc1ccc(Oc2cc(I)c(O)cc2I)cc1.Oc1ccc(Oc2ccc(O)c(I)c2)cc1. The Morgan fingerprint density at radius 3 is 1.16 bits per heavy atom. The van der Waals surface area contributed by atoms with Crippen LogP contribution in [0.15, 0.2) is 115 Å². The first-order valence-electron chi connectivity index (χ1n) is 14.0. The number of phenols is 6. The maximum Gasteiger partial charge on any atom is 0.142 e. The molecule has 0 spiro atoms. The molecule has 14 heteroatoms. The third-order valence-electron chi connectivity index (χ3n) is 6.12. The topological polar surface area (TPSA) is 149 Å². The first-order chi connectivity index (χ1) is 23.8. The standard InChI is InChI=1S/2C12H8I2O3.C12H9IO3/c13-9-6-12(10(14)5-11(9)16)17-8-3-1-7(15)2-4-8;13-10-5-9(6-11(14)12(10)16)17-8-3-1-7(15)2-4-8;13-11-7-10(5-6-12(11)15)16-9-3-1-8(14)2-4-9/h2*1-6,15-16H;1-7,14-15H. The summed E-state index contributed by atoms with van der Waals surface area (Å²) in [7, 11) is 0. The number of rotatable bonds is 6. The summed E-state index contributed by atoms with van der Waals surface area (Å²) in [4.78, 5) is 0. The van der Waals surface area contributed by atoms with Gasteiger partial charge in [0.15, 0.2) is 0 Å². The summed E-state index contributed by atoms with van der Waals surface area (Å²) in [5.74, 6) is 5.25. The van der Waals surface area contributed by atoms with E-state index in [4.69, 9.17) is 29.5 Å². The van der Waals surface area contributed by atoms with Crippen molar-refractivity contribution in [2.45, 2.75) is 0 Å². The molecule has 0 aromatic heterocycles.